The molecule has 1 aliphatic rings. The molecule has 0 spiro atoms. The summed E-state index contributed by atoms with van der Waals surface area (Å²) in [4.78, 5) is 32.7. The Hall–Kier alpha value is -1.85. The van der Waals surface area contributed by atoms with Gasteiger partial charge in [-0.05, 0) is 12.3 Å². The van der Waals surface area contributed by atoms with E-state index in [1.807, 2.05) is 0 Å². The van der Waals surface area contributed by atoms with Gasteiger partial charge in [0.1, 0.15) is 0 Å². The third-order valence-corrected chi connectivity index (χ3v) is 3.21. The molecule has 0 bridgehead atoms. The van der Waals surface area contributed by atoms with E-state index in [1.54, 1.807) is 0 Å². The second kappa shape index (κ2) is 8.29. The summed E-state index contributed by atoms with van der Waals surface area (Å²) in [6.45, 7) is 0. The molecule has 0 aromatic rings. The first-order valence-corrected chi connectivity index (χ1v) is 6.57. The zero-order valence-electron chi connectivity index (χ0n) is 10.9. The third kappa shape index (κ3) is 7.23. The largest absolute Gasteiger partial charge is 0.478 e. The zero-order valence-corrected chi connectivity index (χ0v) is 10.9. The predicted molar refractivity (Wildman–Crippen MR) is 68.9 cm³/mol. The SMILES string of the molecule is O=C(O)/C=C/C(=O)NNC(=O)CCC1CCCCC1. The van der Waals surface area contributed by atoms with E-state index < -0.39 is 11.9 Å². The summed E-state index contributed by atoms with van der Waals surface area (Å²) < 4.78 is 0. The van der Waals surface area contributed by atoms with Crippen molar-refractivity contribution in [3.63, 3.8) is 0 Å². The maximum Gasteiger partial charge on any atom is 0.328 e. The molecule has 6 heteroatoms. The van der Waals surface area contributed by atoms with Gasteiger partial charge in [0.15, 0.2) is 0 Å². The number of carboxylic acids is 1. The number of hydrazine groups is 1. The van der Waals surface area contributed by atoms with E-state index in [-0.39, 0.29) is 5.91 Å². The smallest absolute Gasteiger partial charge is 0.328 e. The van der Waals surface area contributed by atoms with Gasteiger partial charge in [-0.1, -0.05) is 32.1 Å². The summed E-state index contributed by atoms with van der Waals surface area (Å²) in [5.41, 5.74) is 4.40. The average molecular weight is 268 g/mol. The van der Waals surface area contributed by atoms with Gasteiger partial charge in [-0.2, -0.15) is 0 Å². The first-order chi connectivity index (χ1) is 9.08. The number of rotatable bonds is 5. The standard InChI is InChI=1S/C13H20N2O4/c16-11(7-6-10-4-2-1-3-5-10)14-15-12(17)8-9-13(18)19/h8-10H,1-7H2,(H,14,16)(H,15,17)(H,18,19)/b9-8+. The summed E-state index contributed by atoms with van der Waals surface area (Å²) in [6, 6.07) is 0. The molecule has 2 amide bonds. The van der Waals surface area contributed by atoms with Crippen LogP contribution in [-0.4, -0.2) is 22.9 Å². The van der Waals surface area contributed by atoms with Crippen molar-refractivity contribution in [2.75, 3.05) is 0 Å². The number of hydrogen-bond acceptors (Lipinski definition) is 3. The zero-order chi connectivity index (χ0) is 14.1. The Kier molecular flexibility index (Phi) is 6.63. The molecule has 0 unspecified atom stereocenters. The Morgan fingerprint density at radius 2 is 1.74 bits per heavy atom. The molecule has 0 atom stereocenters. The highest BCUT2D eigenvalue weighted by Gasteiger charge is 2.14. The van der Waals surface area contributed by atoms with Gasteiger partial charge in [-0.3, -0.25) is 20.4 Å². The Morgan fingerprint density at radius 1 is 1.05 bits per heavy atom. The Labute approximate surface area is 112 Å². The molecule has 3 N–H and O–H groups in total. The summed E-state index contributed by atoms with van der Waals surface area (Å²) in [5.74, 6) is -1.50. The summed E-state index contributed by atoms with van der Waals surface area (Å²) in [7, 11) is 0. The Morgan fingerprint density at radius 3 is 2.37 bits per heavy atom. The van der Waals surface area contributed by atoms with Crippen molar-refractivity contribution in [1.29, 1.82) is 0 Å². The second-order valence-corrected chi connectivity index (χ2v) is 4.75. The maximum absolute atomic E-state index is 11.5. The van der Waals surface area contributed by atoms with E-state index in [4.69, 9.17) is 5.11 Å². The lowest BCUT2D eigenvalue weighted by Crippen LogP contribution is -2.40. The molecule has 1 fully saturated rings. The highest BCUT2D eigenvalue weighted by molar-refractivity contribution is 5.94. The average Bonchev–Trinajstić information content (AvgIpc) is 2.41. The molecule has 0 aromatic heterocycles. The molecule has 106 valence electrons. The monoisotopic (exact) mass is 268 g/mol. The predicted octanol–water partition coefficient (Wildman–Crippen LogP) is 1.14. The fourth-order valence-corrected chi connectivity index (χ4v) is 2.19. The third-order valence-electron chi connectivity index (χ3n) is 3.21. The van der Waals surface area contributed by atoms with E-state index in [9.17, 15) is 14.4 Å². The molecule has 6 nitrogen and oxygen atoms in total. The van der Waals surface area contributed by atoms with E-state index in [1.165, 1.54) is 32.1 Å². The Bertz CT molecular complexity index is 360. The quantitative estimate of drug-likeness (QED) is 0.514. The number of carbonyl (C=O) groups excluding carboxylic acids is 2. The summed E-state index contributed by atoms with van der Waals surface area (Å²) >= 11 is 0. The normalized spacial score (nSPS) is 16.2. The van der Waals surface area contributed by atoms with Crippen molar-refractivity contribution in [3.8, 4) is 0 Å². The summed E-state index contributed by atoms with van der Waals surface area (Å²) in [6.07, 6.45) is 8.91. The van der Waals surface area contributed by atoms with Crippen molar-refractivity contribution >= 4 is 17.8 Å². The number of carbonyl (C=O) groups is 3. The molecule has 19 heavy (non-hydrogen) atoms. The van der Waals surface area contributed by atoms with Gasteiger partial charge in [-0.25, -0.2) is 4.79 Å². The van der Waals surface area contributed by atoms with Crippen molar-refractivity contribution in [1.82, 2.24) is 10.9 Å². The molecule has 0 aliphatic heterocycles. The minimum atomic E-state index is -1.21. The maximum atomic E-state index is 11.5. The van der Waals surface area contributed by atoms with Crippen LogP contribution in [0.5, 0.6) is 0 Å². The number of nitrogens with one attached hydrogen (secondary N) is 2. The Balaban J connectivity index is 2.13. The lowest BCUT2D eigenvalue weighted by atomic mass is 9.86. The topological polar surface area (TPSA) is 95.5 Å². The molecule has 0 aromatic carbocycles. The molecular weight excluding hydrogens is 248 g/mol. The van der Waals surface area contributed by atoms with E-state index >= 15 is 0 Å². The molecule has 0 heterocycles. The molecule has 1 saturated carbocycles. The van der Waals surface area contributed by atoms with Crippen LogP contribution in [0.1, 0.15) is 44.9 Å². The van der Waals surface area contributed by atoms with Crippen molar-refractivity contribution in [3.05, 3.63) is 12.2 Å². The molecule has 1 aliphatic carbocycles. The van der Waals surface area contributed by atoms with Gasteiger partial charge >= 0.3 is 5.97 Å². The number of amides is 2. The fourth-order valence-electron chi connectivity index (χ4n) is 2.19. The van der Waals surface area contributed by atoms with Crippen LogP contribution in [0.25, 0.3) is 0 Å². The molecule has 0 saturated heterocycles. The molecular formula is C13H20N2O4. The highest BCUT2D eigenvalue weighted by atomic mass is 16.4. The minimum Gasteiger partial charge on any atom is -0.478 e. The number of aliphatic carboxylic acids is 1. The minimum absolute atomic E-state index is 0.248. The number of hydrogen-bond donors (Lipinski definition) is 3. The lowest BCUT2D eigenvalue weighted by Gasteiger charge is -2.20. The number of carboxylic acid groups (broad SMARTS) is 1. The van der Waals surface area contributed by atoms with Crippen LogP contribution in [0.3, 0.4) is 0 Å². The van der Waals surface area contributed by atoms with E-state index in [0.717, 1.165) is 12.5 Å². The second-order valence-electron chi connectivity index (χ2n) is 4.75. The molecule has 0 radical (unpaired) electrons. The van der Waals surface area contributed by atoms with Crippen molar-refractivity contribution < 1.29 is 19.5 Å². The fraction of sp³-hybridized carbons (Fsp3) is 0.615. The van der Waals surface area contributed by atoms with E-state index in [0.29, 0.717) is 18.4 Å². The van der Waals surface area contributed by atoms with Gasteiger partial charge in [-0.15, -0.1) is 0 Å². The van der Waals surface area contributed by atoms with Crippen LogP contribution in [0.2, 0.25) is 0 Å². The van der Waals surface area contributed by atoms with Gasteiger partial charge in [0, 0.05) is 18.6 Å². The summed E-state index contributed by atoms with van der Waals surface area (Å²) in [5, 5.41) is 8.31. The molecule has 1 rings (SSSR count). The van der Waals surface area contributed by atoms with Crippen LogP contribution >= 0.6 is 0 Å². The van der Waals surface area contributed by atoms with Gasteiger partial charge in [0.05, 0.1) is 0 Å². The van der Waals surface area contributed by atoms with Crippen molar-refractivity contribution in [2.45, 2.75) is 44.9 Å². The first-order valence-electron chi connectivity index (χ1n) is 6.57. The van der Waals surface area contributed by atoms with Crippen LogP contribution in [0, 0.1) is 5.92 Å². The highest BCUT2D eigenvalue weighted by Crippen LogP contribution is 2.26. The van der Waals surface area contributed by atoms with Gasteiger partial charge in [0.2, 0.25) is 5.91 Å². The van der Waals surface area contributed by atoms with Crippen LogP contribution in [-0.2, 0) is 14.4 Å². The lowest BCUT2D eigenvalue weighted by molar-refractivity contribution is -0.131. The van der Waals surface area contributed by atoms with Crippen molar-refractivity contribution in [2.24, 2.45) is 5.92 Å². The van der Waals surface area contributed by atoms with Crippen LogP contribution in [0.4, 0.5) is 0 Å². The van der Waals surface area contributed by atoms with E-state index in [2.05, 4.69) is 10.9 Å². The van der Waals surface area contributed by atoms with Crippen LogP contribution in [0.15, 0.2) is 12.2 Å². The van der Waals surface area contributed by atoms with Gasteiger partial charge in [0.25, 0.3) is 5.91 Å². The van der Waals surface area contributed by atoms with Crippen LogP contribution < -0.4 is 10.9 Å². The first kappa shape index (κ1) is 15.2. The van der Waals surface area contributed by atoms with Gasteiger partial charge < -0.3 is 5.11 Å².